The summed E-state index contributed by atoms with van der Waals surface area (Å²) in [6.07, 6.45) is 0. The van der Waals surface area contributed by atoms with Gasteiger partial charge in [-0.1, -0.05) is 24.3 Å². The number of amides is 1. The molecule has 0 spiro atoms. The number of hydrogen-bond acceptors (Lipinski definition) is 4. The number of thioether (sulfide) groups is 1. The maximum atomic E-state index is 12.6. The van der Waals surface area contributed by atoms with Gasteiger partial charge in [-0.3, -0.25) is 4.79 Å². The van der Waals surface area contributed by atoms with Gasteiger partial charge >= 0.3 is 0 Å². The van der Waals surface area contributed by atoms with Crippen LogP contribution in [0, 0.1) is 13.8 Å². The Bertz CT molecular complexity index is 858. The number of aromatic nitrogens is 1. The number of aryl methyl sites for hydroxylation is 2. The molecule has 2 aromatic carbocycles. The Morgan fingerprint density at radius 3 is 2.75 bits per heavy atom. The molecule has 0 bridgehead atoms. The van der Waals surface area contributed by atoms with Crippen LogP contribution in [0.5, 0.6) is 0 Å². The van der Waals surface area contributed by atoms with Crippen LogP contribution in [-0.2, 0) is 5.75 Å². The van der Waals surface area contributed by atoms with E-state index >= 15 is 0 Å². The SMILES string of the molecule is Cc1cccc(NC(=O)c2ccccc2SCc2csc(C)n2)c1. The molecule has 0 unspecified atom stereocenters. The van der Waals surface area contributed by atoms with E-state index in [2.05, 4.69) is 15.7 Å². The third kappa shape index (κ3) is 4.24. The Kier molecular flexibility index (Phi) is 5.33. The average Bonchev–Trinajstić information content (AvgIpc) is 2.99. The van der Waals surface area contributed by atoms with E-state index in [1.807, 2.05) is 62.4 Å². The number of carbonyl (C=O) groups excluding carboxylic acids is 1. The van der Waals surface area contributed by atoms with Crippen LogP contribution in [0.2, 0.25) is 0 Å². The van der Waals surface area contributed by atoms with E-state index in [9.17, 15) is 4.79 Å². The number of thiazole rings is 1. The van der Waals surface area contributed by atoms with Crippen molar-refractivity contribution in [3.05, 3.63) is 75.7 Å². The summed E-state index contributed by atoms with van der Waals surface area (Å²) in [5.74, 6) is 0.678. The Morgan fingerprint density at radius 1 is 1.17 bits per heavy atom. The first-order valence-electron chi connectivity index (χ1n) is 7.62. The summed E-state index contributed by atoms with van der Waals surface area (Å²) < 4.78 is 0. The Balaban J connectivity index is 1.74. The van der Waals surface area contributed by atoms with Crippen molar-refractivity contribution < 1.29 is 4.79 Å². The second-order valence-corrected chi connectivity index (χ2v) is 7.55. The zero-order valence-electron chi connectivity index (χ0n) is 13.6. The van der Waals surface area contributed by atoms with Crippen LogP contribution in [0.25, 0.3) is 0 Å². The van der Waals surface area contributed by atoms with E-state index in [1.165, 1.54) is 0 Å². The predicted octanol–water partition coefficient (Wildman–Crippen LogP) is 5.30. The largest absolute Gasteiger partial charge is 0.322 e. The first-order chi connectivity index (χ1) is 11.6. The van der Waals surface area contributed by atoms with Crippen LogP contribution in [0.15, 0.2) is 58.8 Å². The van der Waals surface area contributed by atoms with Gasteiger partial charge in [-0.05, 0) is 43.7 Å². The van der Waals surface area contributed by atoms with Gasteiger partial charge in [-0.15, -0.1) is 23.1 Å². The Morgan fingerprint density at radius 2 is 2.00 bits per heavy atom. The van der Waals surface area contributed by atoms with Crippen LogP contribution in [0.3, 0.4) is 0 Å². The van der Waals surface area contributed by atoms with Crippen LogP contribution in [-0.4, -0.2) is 10.9 Å². The number of carbonyl (C=O) groups is 1. The number of anilines is 1. The summed E-state index contributed by atoms with van der Waals surface area (Å²) in [7, 11) is 0. The van der Waals surface area contributed by atoms with Crippen molar-refractivity contribution in [1.29, 1.82) is 0 Å². The summed E-state index contributed by atoms with van der Waals surface area (Å²) in [5, 5.41) is 6.11. The predicted molar refractivity (Wildman–Crippen MR) is 102 cm³/mol. The highest BCUT2D eigenvalue weighted by molar-refractivity contribution is 7.98. The molecule has 1 N–H and O–H groups in total. The lowest BCUT2D eigenvalue weighted by molar-refractivity contribution is 0.102. The first kappa shape index (κ1) is 16.7. The van der Waals surface area contributed by atoms with Gasteiger partial charge in [0.15, 0.2) is 0 Å². The van der Waals surface area contributed by atoms with Crippen LogP contribution in [0.1, 0.15) is 26.6 Å². The van der Waals surface area contributed by atoms with Gasteiger partial charge in [0.05, 0.1) is 16.3 Å². The Labute approximate surface area is 150 Å². The summed E-state index contributed by atoms with van der Waals surface area (Å²) >= 11 is 3.29. The zero-order valence-corrected chi connectivity index (χ0v) is 15.2. The quantitative estimate of drug-likeness (QED) is 0.632. The highest BCUT2D eigenvalue weighted by Crippen LogP contribution is 2.27. The summed E-state index contributed by atoms with van der Waals surface area (Å²) in [5.41, 5.74) is 3.68. The summed E-state index contributed by atoms with van der Waals surface area (Å²) in [6.45, 7) is 4.01. The van der Waals surface area contributed by atoms with Crippen LogP contribution < -0.4 is 5.32 Å². The van der Waals surface area contributed by atoms with E-state index in [-0.39, 0.29) is 5.91 Å². The lowest BCUT2D eigenvalue weighted by Crippen LogP contribution is -2.13. The van der Waals surface area contributed by atoms with E-state index in [0.29, 0.717) is 5.56 Å². The monoisotopic (exact) mass is 354 g/mol. The maximum absolute atomic E-state index is 12.6. The van der Waals surface area contributed by atoms with Gasteiger partial charge in [-0.2, -0.15) is 0 Å². The molecule has 24 heavy (non-hydrogen) atoms. The topological polar surface area (TPSA) is 42.0 Å². The molecule has 0 aliphatic heterocycles. The summed E-state index contributed by atoms with van der Waals surface area (Å²) in [6, 6.07) is 15.5. The molecule has 122 valence electrons. The lowest BCUT2D eigenvalue weighted by atomic mass is 10.2. The molecule has 3 aromatic rings. The van der Waals surface area contributed by atoms with Crippen molar-refractivity contribution in [3.63, 3.8) is 0 Å². The molecule has 0 saturated heterocycles. The maximum Gasteiger partial charge on any atom is 0.256 e. The fraction of sp³-hybridized carbons (Fsp3) is 0.158. The molecule has 0 fully saturated rings. The van der Waals surface area contributed by atoms with Crippen molar-refractivity contribution >= 4 is 34.7 Å². The minimum atomic E-state index is -0.0850. The molecule has 1 heterocycles. The average molecular weight is 355 g/mol. The Hall–Kier alpha value is -2.11. The number of nitrogens with zero attached hydrogens (tertiary/aromatic N) is 1. The molecule has 0 radical (unpaired) electrons. The van der Waals surface area contributed by atoms with Crippen LogP contribution >= 0.6 is 23.1 Å². The number of hydrogen-bond donors (Lipinski definition) is 1. The van der Waals surface area contributed by atoms with Crippen molar-refractivity contribution in [1.82, 2.24) is 4.98 Å². The normalized spacial score (nSPS) is 10.6. The van der Waals surface area contributed by atoms with Gasteiger partial charge in [0.25, 0.3) is 5.91 Å². The van der Waals surface area contributed by atoms with Crippen LogP contribution in [0.4, 0.5) is 5.69 Å². The van der Waals surface area contributed by atoms with Gasteiger partial charge in [-0.25, -0.2) is 4.98 Å². The van der Waals surface area contributed by atoms with E-state index in [1.54, 1.807) is 23.1 Å². The number of nitrogens with one attached hydrogen (secondary N) is 1. The van der Waals surface area contributed by atoms with Gasteiger partial charge < -0.3 is 5.32 Å². The molecule has 1 aromatic heterocycles. The van der Waals surface area contributed by atoms with Gasteiger partial charge in [0.2, 0.25) is 0 Å². The van der Waals surface area contributed by atoms with E-state index in [4.69, 9.17) is 0 Å². The fourth-order valence-electron chi connectivity index (χ4n) is 2.33. The van der Waals surface area contributed by atoms with Crippen molar-refractivity contribution in [2.24, 2.45) is 0 Å². The van der Waals surface area contributed by atoms with Crippen molar-refractivity contribution in [2.45, 2.75) is 24.5 Å². The zero-order chi connectivity index (χ0) is 16.9. The first-order valence-corrected chi connectivity index (χ1v) is 9.49. The number of benzene rings is 2. The minimum Gasteiger partial charge on any atom is -0.322 e. The lowest BCUT2D eigenvalue weighted by Gasteiger charge is -2.10. The van der Waals surface area contributed by atoms with E-state index < -0.39 is 0 Å². The van der Waals surface area contributed by atoms with E-state index in [0.717, 1.165) is 32.6 Å². The third-order valence-corrected chi connectivity index (χ3v) is 5.38. The second kappa shape index (κ2) is 7.64. The molecular formula is C19H18N2OS2. The molecule has 0 aliphatic rings. The second-order valence-electron chi connectivity index (χ2n) is 5.47. The highest BCUT2D eigenvalue weighted by atomic mass is 32.2. The molecule has 0 aliphatic carbocycles. The minimum absolute atomic E-state index is 0.0850. The molecule has 0 atom stereocenters. The highest BCUT2D eigenvalue weighted by Gasteiger charge is 2.12. The molecule has 3 rings (SSSR count). The van der Waals surface area contributed by atoms with Crippen molar-refractivity contribution in [2.75, 3.05) is 5.32 Å². The molecule has 5 heteroatoms. The molecular weight excluding hydrogens is 336 g/mol. The summed E-state index contributed by atoms with van der Waals surface area (Å²) in [4.78, 5) is 18.1. The van der Waals surface area contributed by atoms with Gasteiger partial charge in [0, 0.05) is 21.7 Å². The third-order valence-electron chi connectivity index (χ3n) is 3.45. The van der Waals surface area contributed by atoms with Crippen molar-refractivity contribution in [3.8, 4) is 0 Å². The molecule has 3 nitrogen and oxygen atoms in total. The van der Waals surface area contributed by atoms with Gasteiger partial charge in [0.1, 0.15) is 0 Å². The standard InChI is InChI=1S/C19H18N2OS2/c1-13-6-5-7-15(10-13)21-19(22)17-8-3-4-9-18(17)24-12-16-11-23-14(2)20-16/h3-11H,12H2,1-2H3,(H,21,22). The fourth-order valence-corrected chi connectivity index (χ4v) is 3.99. The number of rotatable bonds is 5. The molecule has 1 amide bonds. The molecule has 0 saturated carbocycles. The smallest absolute Gasteiger partial charge is 0.256 e.